The summed E-state index contributed by atoms with van der Waals surface area (Å²) in [4.78, 5) is 0. The quantitative estimate of drug-likeness (QED) is 0.568. The lowest BCUT2D eigenvalue weighted by molar-refractivity contribution is 0.310. The van der Waals surface area contributed by atoms with Crippen molar-refractivity contribution in [2.24, 2.45) is 47.3 Å². The molecule has 0 nitrogen and oxygen atoms in total. The Morgan fingerprint density at radius 3 is 2.13 bits per heavy atom. The smallest absolute Gasteiger partial charge is 0.0196 e. The van der Waals surface area contributed by atoms with Gasteiger partial charge in [-0.2, -0.15) is 0 Å². The maximum absolute atomic E-state index is 2.56. The van der Waals surface area contributed by atoms with Gasteiger partial charge in [-0.3, -0.25) is 0 Å². The van der Waals surface area contributed by atoms with Crippen LogP contribution >= 0.6 is 0 Å². The van der Waals surface area contributed by atoms with Crippen LogP contribution in [-0.2, 0) is 0 Å². The summed E-state index contributed by atoms with van der Waals surface area (Å²) in [5, 5.41) is 0. The molecular weight excluding hydrogens is 180 g/mol. The molecular formula is C15H20. The van der Waals surface area contributed by atoms with Gasteiger partial charge in [-0.15, -0.1) is 0 Å². The molecule has 0 aliphatic heterocycles. The molecule has 5 rings (SSSR count). The Labute approximate surface area is 92.1 Å². The molecule has 0 saturated heterocycles. The molecule has 5 aliphatic rings. The van der Waals surface area contributed by atoms with Gasteiger partial charge in [-0.25, -0.2) is 0 Å². The van der Waals surface area contributed by atoms with Gasteiger partial charge in [0.15, 0.2) is 0 Å². The van der Waals surface area contributed by atoms with Gasteiger partial charge in [0.2, 0.25) is 0 Å². The molecule has 80 valence electrons. The van der Waals surface area contributed by atoms with Crippen LogP contribution in [0.3, 0.4) is 0 Å². The third-order valence-corrected chi connectivity index (χ3v) is 6.62. The largest absolute Gasteiger partial charge is 0.0851 e. The number of allylic oxidation sites excluding steroid dienone is 2. The highest BCUT2D eigenvalue weighted by Gasteiger charge is 2.67. The minimum Gasteiger partial charge on any atom is -0.0851 e. The lowest BCUT2D eigenvalue weighted by atomic mass is 9.84. The highest BCUT2D eigenvalue weighted by atomic mass is 14.7. The topological polar surface area (TPSA) is 0 Å². The normalized spacial score (nSPS) is 67.7. The molecule has 0 heteroatoms. The highest BCUT2D eigenvalue weighted by Crippen LogP contribution is 2.73. The second-order valence-electron chi connectivity index (χ2n) is 7.01. The zero-order valence-electron chi connectivity index (χ0n) is 9.31. The number of hydrogen-bond acceptors (Lipinski definition) is 0. The average molecular weight is 200 g/mol. The van der Waals surface area contributed by atoms with Crippen molar-refractivity contribution in [1.29, 1.82) is 0 Å². The summed E-state index contributed by atoms with van der Waals surface area (Å²) < 4.78 is 0. The standard InChI is InChI=1S/C15H20/c1-2-9-5-8(1)6-12(9)15-13-10-3-4-11(7-10)14(13)15/h1-2,8-15H,3-7H2. The van der Waals surface area contributed by atoms with E-state index in [4.69, 9.17) is 0 Å². The van der Waals surface area contributed by atoms with Gasteiger partial charge in [0.1, 0.15) is 0 Å². The van der Waals surface area contributed by atoms with Gasteiger partial charge < -0.3 is 0 Å². The number of rotatable bonds is 1. The molecule has 0 spiro atoms. The Balaban J connectivity index is 1.44. The molecule has 7 atom stereocenters. The van der Waals surface area contributed by atoms with Gasteiger partial charge in [0, 0.05) is 0 Å². The van der Waals surface area contributed by atoms with Gasteiger partial charge in [-0.1, -0.05) is 12.2 Å². The van der Waals surface area contributed by atoms with Gasteiger partial charge in [0.25, 0.3) is 0 Å². The third kappa shape index (κ3) is 0.831. The maximum atomic E-state index is 2.56. The van der Waals surface area contributed by atoms with E-state index in [1.54, 1.807) is 25.7 Å². The van der Waals surface area contributed by atoms with Crippen LogP contribution in [0.2, 0.25) is 0 Å². The SMILES string of the molecule is C1=CC2CC1CC2C1C2C3CCC(C3)C21. The molecule has 5 aliphatic carbocycles. The minimum atomic E-state index is 0.999. The molecule has 4 fully saturated rings. The van der Waals surface area contributed by atoms with Crippen LogP contribution < -0.4 is 0 Å². The third-order valence-electron chi connectivity index (χ3n) is 6.62. The van der Waals surface area contributed by atoms with Crippen molar-refractivity contribution in [3.05, 3.63) is 12.2 Å². The molecule has 0 N–H and O–H groups in total. The second-order valence-corrected chi connectivity index (χ2v) is 7.01. The molecule has 4 bridgehead atoms. The molecule has 0 heterocycles. The Morgan fingerprint density at radius 1 is 0.733 bits per heavy atom. The monoisotopic (exact) mass is 200 g/mol. The van der Waals surface area contributed by atoms with E-state index in [2.05, 4.69) is 12.2 Å². The van der Waals surface area contributed by atoms with Crippen LogP contribution in [0.5, 0.6) is 0 Å². The fourth-order valence-electron chi connectivity index (χ4n) is 6.23. The number of hydrogen-bond donors (Lipinski definition) is 0. The Kier molecular flexibility index (Phi) is 1.25. The summed E-state index contributed by atoms with van der Waals surface area (Å²) in [6, 6.07) is 0. The Morgan fingerprint density at radius 2 is 1.53 bits per heavy atom. The van der Waals surface area contributed by atoms with Crippen LogP contribution in [0.4, 0.5) is 0 Å². The van der Waals surface area contributed by atoms with Crippen LogP contribution in [-0.4, -0.2) is 0 Å². The van der Waals surface area contributed by atoms with E-state index in [1.165, 1.54) is 36.0 Å². The highest BCUT2D eigenvalue weighted by molar-refractivity contribution is 5.20. The van der Waals surface area contributed by atoms with E-state index in [1.807, 2.05) is 0 Å². The molecule has 0 amide bonds. The fraction of sp³-hybridized carbons (Fsp3) is 0.867. The van der Waals surface area contributed by atoms with Gasteiger partial charge in [-0.05, 0) is 79.4 Å². The molecule has 15 heavy (non-hydrogen) atoms. The van der Waals surface area contributed by atoms with Crippen molar-refractivity contribution in [2.75, 3.05) is 0 Å². The van der Waals surface area contributed by atoms with E-state index < -0.39 is 0 Å². The minimum absolute atomic E-state index is 0.999. The van der Waals surface area contributed by atoms with Gasteiger partial charge in [0.05, 0.1) is 0 Å². The predicted molar refractivity (Wildman–Crippen MR) is 60.1 cm³/mol. The van der Waals surface area contributed by atoms with E-state index in [0.717, 1.165) is 17.8 Å². The van der Waals surface area contributed by atoms with Crippen LogP contribution in [0, 0.1) is 47.3 Å². The van der Waals surface area contributed by atoms with Crippen LogP contribution in [0.25, 0.3) is 0 Å². The summed E-state index contributed by atoms with van der Waals surface area (Å²) in [6.07, 6.45) is 13.0. The summed E-state index contributed by atoms with van der Waals surface area (Å²) in [6.45, 7) is 0. The van der Waals surface area contributed by atoms with Crippen molar-refractivity contribution in [1.82, 2.24) is 0 Å². The van der Waals surface area contributed by atoms with Crippen molar-refractivity contribution in [3.8, 4) is 0 Å². The van der Waals surface area contributed by atoms with E-state index in [0.29, 0.717) is 0 Å². The van der Waals surface area contributed by atoms with Crippen LogP contribution in [0.15, 0.2) is 12.2 Å². The summed E-state index contributed by atoms with van der Waals surface area (Å²) in [7, 11) is 0. The second kappa shape index (κ2) is 2.36. The first-order chi connectivity index (χ1) is 7.42. The zero-order chi connectivity index (χ0) is 9.57. The molecule has 7 unspecified atom stereocenters. The first-order valence-electron chi connectivity index (χ1n) is 7.10. The maximum Gasteiger partial charge on any atom is -0.0196 e. The lowest BCUT2D eigenvalue weighted by Gasteiger charge is -2.21. The average Bonchev–Trinajstić information content (AvgIpc) is 2.79. The molecule has 0 aromatic rings. The first kappa shape index (κ1) is 7.92. The Hall–Kier alpha value is -0.260. The Bertz CT molecular complexity index is 326. The van der Waals surface area contributed by atoms with E-state index >= 15 is 0 Å². The van der Waals surface area contributed by atoms with Crippen molar-refractivity contribution >= 4 is 0 Å². The molecule has 0 radical (unpaired) electrons. The predicted octanol–water partition coefficient (Wildman–Crippen LogP) is 3.49. The van der Waals surface area contributed by atoms with Crippen LogP contribution in [0.1, 0.15) is 32.1 Å². The van der Waals surface area contributed by atoms with Crippen molar-refractivity contribution in [3.63, 3.8) is 0 Å². The fourth-order valence-corrected chi connectivity index (χ4v) is 6.23. The van der Waals surface area contributed by atoms with E-state index in [-0.39, 0.29) is 0 Å². The first-order valence-corrected chi connectivity index (χ1v) is 7.10. The molecule has 0 aromatic heterocycles. The van der Waals surface area contributed by atoms with Crippen molar-refractivity contribution in [2.45, 2.75) is 32.1 Å². The lowest BCUT2D eigenvalue weighted by Crippen LogP contribution is -2.14. The summed E-state index contributed by atoms with van der Waals surface area (Å²) in [5.74, 6) is 9.18. The van der Waals surface area contributed by atoms with Crippen molar-refractivity contribution < 1.29 is 0 Å². The summed E-state index contributed by atoms with van der Waals surface area (Å²) in [5.41, 5.74) is 0. The zero-order valence-corrected chi connectivity index (χ0v) is 9.31. The molecule has 0 aromatic carbocycles. The summed E-state index contributed by atoms with van der Waals surface area (Å²) >= 11 is 0. The molecule has 4 saturated carbocycles. The van der Waals surface area contributed by atoms with Gasteiger partial charge >= 0.3 is 0 Å². The van der Waals surface area contributed by atoms with E-state index in [9.17, 15) is 0 Å². The number of fused-ring (bicyclic) bond motifs is 7.